The van der Waals surface area contributed by atoms with Crippen LogP contribution in [0.25, 0.3) is 0 Å². The molecule has 2 rings (SSSR count). The summed E-state index contributed by atoms with van der Waals surface area (Å²) in [6, 6.07) is 8.98. The lowest BCUT2D eigenvalue weighted by molar-refractivity contribution is -0.122. The number of aliphatic hydroxyl groups excluding tert-OH is 1. The van der Waals surface area contributed by atoms with Crippen LogP contribution in [0, 0.1) is 13.8 Å². The van der Waals surface area contributed by atoms with E-state index in [4.69, 9.17) is 5.73 Å². The molecule has 0 fully saturated rings. The maximum absolute atomic E-state index is 12.8. The molecule has 0 spiro atoms. The van der Waals surface area contributed by atoms with E-state index >= 15 is 0 Å². The summed E-state index contributed by atoms with van der Waals surface area (Å²) in [5.41, 5.74) is 5.58. The number of nitrogens with two attached hydrogens (primary N) is 1. The number of anilines is 1. The number of carbonyl (C=O) groups is 2. The van der Waals surface area contributed by atoms with Crippen LogP contribution in [0.4, 0.5) is 10.5 Å². The Morgan fingerprint density at radius 1 is 1.24 bits per heavy atom. The fourth-order valence-corrected chi connectivity index (χ4v) is 3.89. The number of guanidine groups is 1. The molecule has 0 aliphatic heterocycles. The molecule has 0 radical (unpaired) electrons. The summed E-state index contributed by atoms with van der Waals surface area (Å²) >= 11 is 0. The molecular weight excluding hydrogens is 468 g/mol. The van der Waals surface area contributed by atoms with Crippen molar-refractivity contribution in [1.82, 2.24) is 15.2 Å². The number of hydrogen-bond donors (Lipinski definition) is 5. The van der Waals surface area contributed by atoms with Crippen molar-refractivity contribution in [3.63, 3.8) is 0 Å². The maximum atomic E-state index is 12.8. The highest BCUT2D eigenvalue weighted by Gasteiger charge is 2.18. The van der Waals surface area contributed by atoms with Gasteiger partial charge in [0.15, 0.2) is 6.23 Å². The third-order valence-electron chi connectivity index (χ3n) is 4.42. The van der Waals surface area contributed by atoms with Gasteiger partial charge in [0.05, 0.1) is 18.6 Å². The molecule has 1 aromatic heterocycles. The summed E-state index contributed by atoms with van der Waals surface area (Å²) in [6.07, 6.45) is -2.36. The van der Waals surface area contributed by atoms with Gasteiger partial charge < -0.3 is 25.5 Å². The number of nitrogens with zero attached hydrogens (tertiary/aromatic N) is 2. The Balaban J connectivity index is 2.10. The van der Waals surface area contributed by atoms with Crippen LogP contribution >= 0.6 is 0 Å². The van der Waals surface area contributed by atoms with Crippen LogP contribution < -0.4 is 26.6 Å². The van der Waals surface area contributed by atoms with Gasteiger partial charge in [-0.3, -0.25) is 19.6 Å². The fourth-order valence-electron chi connectivity index (χ4n) is 2.73. The molecule has 1 aromatic carbocycles. The predicted molar refractivity (Wildman–Crippen MR) is 124 cm³/mol. The Morgan fingerprint density at radius 2 is 1.94 bits per heavy atom. The zero-order valence-electron chi connectivity index (χ0n) is 18.7. The van der Waals surface area contributed by atoms with Crippen molar-refractivity contribution in [2.45, 2.75) is 31.5 Å². The maximum Gasteiger partial charge on any atom is 0.413 e. The molecule has 13 nitrogen and oxygen atoms in total. The molecule has 1 unspecified atom stereocenters. The fraction of sp³-hybridized carbons (Fsp3) is 0.300. The monoisotopic (exact) mass is 494 g/mol. The first-order chi connectivity index (χ1) is 15.9. The van der Waals surface area contributed by atoms with Gasteiger partial charge in [0.1, 0.15) is 12.2 Å². The second-order valence-corrected chi connectivity index (χ2v) is 8.80. The van der Waals surface area contributed by atoms with Crippen molar-refractivity contribution >= 4 is 33.7 Å². The third-order valence-corrected chi connectivity index (χ3v) is 5.79. The number of amides is 2. The standard InChI is InChI=1S/C20H26N6O7S/c1-12-5-4-6-14(9-12)34(31,32)25-15-8-7-13(2)26(18(15)29)11-17(28)22-10-16(27)23-19(21)24-20(30)33-3/h4-9,16,25,27H,10-11H2,1-3H3,(H,22,28)(H3,21,23,24,30). The minimum atomic E-state index is -4.02. The predicted octanol–water partition coefficient (Wildman–Crippen LogP) is -0.629. The number of carbonyl (C=O) groups excluding carboxylic acids is 2. The molecule has 184 valence electrons. The van der Waals surface area contributed by atoms with E-state index < -0.39 is 46.3 Å². The SMILES string of the molecule is COC(=O)NC(N)=NC(O)CNC(=O)Cn1c(C)ccc(NS(=O)(=O)c2cccc(C)c2)c1=O. The van der Waals surface area contributed by atoms with Gasteiger partial charge in [-0.15, -0.1) is 0 Å². The van der Waals surface area contributed by atoms with Gasteiger partial charge >= 0.3 is 6.09 Å². The number of benzene rings is 1. The molecule has 0 saturated carbocycles. The Bertz CT molecular complexity index is 1260. The Labute approximate surface area is 195 Å². The summed E-state index contributed by atoms with van der Waals surface area (Å²) in [6.45, 7) is 2.50. The van der Waals surface area contributed by atoms with Gasteiger partial charge in [0.25, 0.3) is 15.6 Å². The third kappa shape index (κ3) is 7.31. The molecule has 1 atom stereocenters. The highest BCUT2D eigenvalue weighted by Crippen LogP contribution is 2.15. The minimum absolute atomic E-state index is 0.00716. The highest BCUT2D eigenvalue weighted by atomic mass is 32.2. The Morgan fingerprint density at radius 3 is 2.59 bits per heavy atom. The van der Waals surface area contributed by atoms with Crippen LogP contribution in [0.3, 0.4) is 0 Å². The Hall–Kier alpha value is -3.91. The van der Waals surface area contributed by atoms with Crippen LogP contribution in [0.2, 0.25) is 0 Å². The average Bonchev–Trinajstić information content (AvgIpc) is 2.77. The van der Waals surface area contributed by atoms with Gasteiger partial charge in [0.2, 0.25) is 11.9 Å². The number of pyridine rings is 1. The number of nitrogens with one attached hydrogen (secondary N) is 3. The van der Waals surface area contributed by atoms with Crippen molar-refractivity contribution in [1.29, 1.82) is 0 Å². The average molecular weight is 495 g/mol. The van der Waals surface area contributed by atoms with Crippen molar-refractivity contribution < 1.29 is 27.9 Å². The van der Waals surface area contributed by atoms with Gasteiger partial charge in [-0.25, -0.2) is 18.2 Å². The normalized spacial score (nSPS) is 12.5. The van der Waals surface area contributed by atoms with Crippen molar-refractivity contribution in [3.8, 4) is 0 Å². The summed E-state index contributed by atoms with van der Waals surface area (Å²) in [5, 5.41) is 14.2. The highest BCUT2D eigenvalue weighted by molar-refractivity contribution is 7.92. The summed E-state index contributed by atoms with van der Waals surface area (Å²) in [7, 11) is -2.91. The second-order valence-electron chi connectivity index (χ2n) is 7.12. The van der Waals surface area contributed by atoms with Gasteiger partial charge in [-0.1, -0.05) is 12.1 Å². The lowest BCUT2D eigenvalue weighted by atomic mass is 10.2. The Kier molecular flexibility index (Phi) is 8.75. The summed E-state index contributed by atoms with van der Waals surface area (Å²) in [5.74, 6) is -1.08. The number of aliphatic hydroxyl groups is 1. The molecule has 2 aromatic rings. The van der Waals surface area contributed by atoms with Gasteiger partial charge in [-0.05, 0) is 43.7 Å². The number of aromatic nitrogens is 1. The molecular formula is C20H26N6O7S. The van der Waals surface area contributed by atoms with Crippen LogP contribution in [0.1, 0.15) is 11.3 Å². The number of aryl methyl sites for hydroxylation is 2. The van der Waals surface area contributed by atoms with Crippen LogP contribution in [0.15, 0.2) is 51.1 Å². The number of alkyl carbamates (subject to hydrolysis) is 1. The molecule has 2 amide bonds. The molecule has 0 saturated heterocycles. The number of ether oxygens (including phenoxy) is 1. The quantitative estimate of drug-likeness (QED) is 0.236. The van der Waals surface area contributed by atoms with Crippen LogP contribution in [0.5, 0.6) is 0 Å². The van der Waals surface area contributed by atoms with E-state index in [2.05, 4.69) is 19.8 Å². The zero-order chi connectivity index (χ0) is 25.5. The molecule has 34 heavy (non-hydrogen) atoms. The van der Waals surface area contributed by atoms with E-state index in [1.54, 1.807) is 26.0 Å². The zero-order valence-corrected chi connectivity index (χ0v) is 19.5. The number of rotatable bonds is 8. The van der Waals surface area contributed by atoms with E-state index in [-0.39, 0.29) is 17.1 Å². The van der Waals surface area contributed by atoms with Crippen molar-refractivity contribution in [2.24, 2.45) is 10.7 Å². The molecule has 6 N–H and O–H groups in total. The molecule has 0 aliphatic rings. The summed E-state index contributed by atoms with van der Waals surface area (Å²) in [4.78, 5) is 39.7. The van der Waals surface area contributed by atoms with E-state index in [0.717, 1.165) is 17.2 Å². The number of methoxy groups -OCH3 is 1. The van der Waals surface area contributed by atoms with E-state index in [9.17, 15) is 27.9 Å². The summed E-state index contributed by atoms with van der Waals surface area (Å²) < 4.78 is 33.0. The molecule has 14 heteroatoms. The van der Waals surface area contributed by atoms with E-state index in [0.29, 0.717) is 5.69 Å². The first-order valence-corrected chi connectivity index (χ1v) is 11.3. The van der Waals surface area contributed by atoms with Crippen LogP contribution in [-0.2, 0) is 26.1 Å². The van der Waals surface area contributed by atoms with Crippen LogP contribution in [-0.4, -0.2) is 55.9 Å². The topological polar surface area (TPSA) is 194 Å². The lowest BCUT2D eigenvalue weighted by Gasteiger charge is -2.14. The largest absolute Gasteiger partial charge is 0.453 e. The number of sulfonamides is 1. The lowest BCUT2D eigenvalue weighted by Crippen LogP contribution is -2.40. The van der Waals surface area contributed by atoms with E-state index in [1.165, 1.54) is 24.3 Å². The van der Waals surface area contributed by atoms with E-state index in [1.807, 2.05) is 5.32 Å². The van der Waals surface area contributed by atoms with Gasteiger partial charge in [0, 0.05) is 5.69 Å². The molecule has 1 heterocycles. The molecule has 0 aliphatic carbocycles. The first kappa shape index (κ1) is 26.3. The minimum Gasteiger partial charge on any atom is -0.453 e. The van der Waals surface area contributed by atoms with Crippen molar-refractivity contribution in [3.05, 3.63) is 58.0 Å². The number of aliphatic imine (C=N–C) groups is 1. The van der Waals surface area contributed by atoms with Crippen molar-refractivity contribution in [2.75, 3.05) is 18.4 Å². The molecule has 0 bridgehead atoms. The smallest absolute Gasteiger partial charge is 0.413 e. The number of hydrogen-bond acceptors (Lipinski definition) is 8. The second kappa shape index (κ2) is 11.3. The first-order valence-electron chi connectivity index (χ1n) is 9.86. The van der Waals surface area contributed by atoms with Gasteiger partial charge in [-0.2, -0.15) is 0 Å².